The number of thiophene rings is 1. The summed E-state index contributed by atoms with van der Waals surface area (Å²) in [6.07, 6.45) is 0. The van der Waals surface area contributed by atoms with Crippen molar-refractivity contribution in [3.63, 3.8) is 0 Å². The standard InChI is InChI=1S/C17H15N3O4S2/c1-11(21)12-3-5-14(6-4-12)19-26(23,24)17-9-13(10-25-17)15-7-8-16(22)20(2)18-15/h3-10,19H,1-2H3. The number of ketones is 1. The number of nitrogens with zero attached hydrogens (tertiary/aromatic N) is 2. The smallest absolute Gasteiger partial charge is 0.271 e. The number of Topliss-reactive ketones (excluding diaryl/α,β-unsaturated/α-hetero) is 1. The van der Waals surface area contributed by atoms with Gasteiger partial charge in [-0.3, -0.25) is 14.3 Å². The summed E-state index contributed by atoms with van der Waals surface area (Å²) in [6, 6.07) is 10.6. The van der Waals surface area contributed by atoms with E-state index in [9.17, 15) is 18.0 Å². The number of aryl methyl sites for hydroxylation is 1. The Kier molecular flexibility index (Phi) is 4.75. The minimum atomic E-state index is -3.76. The van der Waals surface area contributed by atoms with Crippen molar-refractivity contribution in [1.29, 1.82) is 0 Å². The summed E-state index contributed by atoms with van der Waals surface area (Å²) in [7, 11) is -2.23. The van der Waals surface area contributed by atoms with E-state index in [1.807, 2.05) is 0 Å². The molecule has 0 aliphatic heterocycles. The first kappa shape index (κ1) is 18.0. The van der Waals surface area contributed by atoms with Gasteiger partial charge >= 0.3 is 0 Å². The van der Waals surface area contributed by atoms with E-state index >= 15 is 0 Å². The van der Waals surface area contributed by atoms with Crippen LogP contribution in [0.5, 0.6) is 0 Å². The molecule has 0 radical (unpaired) electrons. The molecule has 134 valence electrons. The molecule has 3 aromatic rings. The van der Waals surface area contributed by atoms with Gasteiger partial charge in [0.05, 0.1) is 5.69 Å². The van der Waals surface area contributed by atoms with Crippen LogP contribution < -0.4 is 10.3 Å². The Balaban J connectivity index is 1.86. The maximum Gasteiger partial charge on any atom is 0.271 e. The van der Waals surface area contributed by atoms with Crippen LogP contribution in [0.15, 0.2) is 56.8 Å². The van der Waals surface area contributed by atoms with Crippen molar-refractivity contribution in [1.82, 2.24) is 9.78 Å². The molecule has 3 rings (SSSR count). The van der Waals surface area contributed by atoms with Crippen molar-refractivity contribution in [3.05, 3.63) is 63.8 Å². The predicted molar refractivity (Wildman–Crippen MR) is 100 cm³/mol. The summed E-state index contributed by atoms with van der Waals surface area (Å²) < 4.78 is 28.9. The fourth-order valence-corrected chi connectivity index (χ4v) is 4.46. The average molecular weight is 389 g/mol. The second kappa shape index (κ2) is 6.85. The molecule has 9 heteroatoms. The minimum Gasteiger partial charge on any atom is -0.295 e. The number of aromatic nitrogens is 2. The fraction of sp³-hybridized carbons (Fsp3) is 0.118. The van der Waals surface area contributed by atoms with E-state index < -0.39 is 10.0 Å². The van der Waals surface area contributed by atoms with Crippen LogP contribution in [0.3, 0.4) is 0 Å². The van der Waals surface area contributed by atoms with E-state index in [2.05, 4.69) is 9.82 Å². The molecule has 0 aliphatic carbocycles. The third kappa shape index (κ3) is 3.73. The summed E-state index contributed by atoms with van der Waals surface area (Å²) in [5, 5.41) is 5.78. The van der Waals surface area contributed by atoms with Gasteiger partial charge in [-0.05, 0) is 43.3 Å². The summed E-state index contributed by atoms with van der Waals surface area (Å²) in [4.78, 5) is 22.7. The highest BCUT2D eigenvalue weighted by Gasteiger charge is 2.18. The molecule has 7 nitrogen and oxygen atoms in total. The van der Waals surface area contributed by atoms with Gasteiger partial charge in [0, 0.05) is 35.3 Å². The lowest BCUT2D eigenvalue weighted by molar-refractivity contribution is 0.101. The van der Waals surface area contributed by atoms with Crippen molar-refractivity contribution in [2.45, 2.75) is 11.1 Å². The lowest BCUT2D eigenvalue weighted by Crippen LogP contribution is -2.18. The van der Waals surface area contributed by atoms with Gasteiger partial charge in [0.1, 0.15) is 4.21 Å². The number of anilines is 1. The predicted octanol–water partition coefficient (Wildman–Crippen LogP) is 2.51. The number of benzene rings is 1. The Labute approximate surface area is 154 Å². The van der Waals surface area contributed by atoms with E-state index in [1.165, 1.54) is 42.9 Å². The van der Waals surface area contributed by atoms with Crippen molar-refractivity contribution in [2.24, 2.45) is 7.05 Å². The van der Waals surface area contributed by atoms with Crippen LogP contribution in [0.1, 0.15) is 17.3 Å². The third-order valence-electron chi connectivity index (χ3n) is 3.64. The second-order valence-corrected chi connectivity index (χ2v) is 8.39. The Morgan fingerprint density at radius 1 is 1.15 bits per heavy atom. The molecule has 0 unspecified atom stereocenters. The Bertz CT molecular complexity index is 1130. The van der Waals surface area contributed by atoms with Gasteiger partial charge in [0.2, 0.25) is 0 Å². The molecular weight excluding hydrogens is 374 g/mol. The van der Waals surface area contributed by atoms with E-state index in [4.69, 9.17) is 0 Å². The molecule has 2 aromatic heterocycles. The van der Waals surface area contributed by atoms with Gasteiger partial charge in [0.15, 0.2) is 5.78 Å². The van der Waals surface area contributed by atoms with Crippen LogP contribution in [0, 0.1) is 0 Å². The van der Waals surface area contributed by atoms with Gasteiger partial charge in [0.25, 0.3) is 15.6 Å². The van der Waals surface area contributed by atoms with E-state index in [0.29, 0.717) is 22.5 Å². The Hall–Kier alpha value is -2.78. The van der Waals surface area contributed by atoms with Crippen LogP contribution in [-0.2, 0) is 17.1 Å². The number of hydrogen-bond donors (Lipinski definition) is 1. The molecule has 0 bridgehead atoms. The minimum absolute atomic E-state index is 0.0907. The molecular formula is C17H15N3O4S2. The lowest BCUT2D eigenvalue weighted by Gasteiger charge is -2.06. The number of nitrogens with one attached hydrogen (secondary N) is 1. The van der Waals surface area contributed by atoms with Crippen LogP contribution >= 0.6 is 11.3 Å². The van der Waals surface area contributed by atoms with Gasteiger partial charge in [-0.2, -0.15) is 5.10 Å². The molecule has 2 heterocycles. The maximum absolute atomic E-state index is 12.5. The van der Waals surface area contributed by atoms with E-state index in [-0.39, 0.29) is 15.6 Å². The Morgan fingerprint density at radius 3 is 2.46 bits per heavy atom. The lowest BCUT2D eigenvalue weighted by atomic mass is 10.1. The monoisotopic (exact) mass is 389 g/mol. The summed E-state index contributed by atoms with van der Waals surface area (Å²) in [6.45, 7) is 1.44. The summed E-state index contributed by atoms with van der Waals surface area (Å²) in [5.41, 5.74) is 1.75. The first-order valence-corrected chi connectivity index (χ1v) is 9.89. The van der Waals surface area contributed by atoms with Crippen LogP contribution in [0.2, 0.25) is 0 Å². The molecule has 0 saturated carbocycles. The van der Waals surface area contributed by atoms with Gasteiger partial charge in [-0.1, -0.05) is 0 Å². The third-order valence-corrected chi connectivity index (χ3v) is 6.46. The fourth-order valence-electron chi connectivity index (χ4n) is 2.23. The molecule has 0 aliphatic rings. The number of carbonyl (C=O) groups is 1. The first-order valence-electron chi connectivity index (χ1n) is 7.53. The largest absolute Gasteiger partial charge is 0.295 e. The number of carbonyl (C=O) groups excluding carboxylic acids is 1. The van der Waals surface area contributed by atoms with Gasteiger partial charge in [-0.15, -0.1) is 11.3 Å². The zero-order valence-corrected chi connectivity index (χ0v) is 15.6. The zero-order valence-electron chi connectivity index (χ0n) is 14.0. The highest BCUT2D eigenvalue weighted by atomic mass is 32.2. The molecule has 26 heavy (non-hydrogen) atoms. The van der Waals surface area contributed by atoms with Gasteiger partial charge < -0.3 is 0 Å². The molecule has 0 fully saturated rings. The van der Waals surface area contributed by atoms with Crippen LogP contribution in [0.25, 0.3) is 11.3 Å². The Morgan fingerprint density at radius 2 is 1.85 bits per heavy atom. The van der Waals surface area contributed by atoms with Crippen LogP contribution in [-0.4, -0.2) is 24.0 Å². The molecule has 0 atom stereocenters. The number of hydrogen-bond acceptors (Lipinski definition) is 6. The molecule has 0 saturated heterocycles. The maximum atomic E-state index is 12.5. The first-order chi connectivity index (χ1) is 12.3. The molecule has 0 amide bonds. The van der Waals surface area contributed by atoms with Crippen molar-refractivity contribution in [2.75, 3.05) is 4.72 Å². The molecule has 0 spiro atoms. The van der Waals surface area contributed by atoms with Gasteiger partial charge in [-0.25, -0.2) is 13.1 Å². The average Bonchev–Trinajstić information content (AvgIpc) is 3.08. The zero-order chi connectivity index (χ0) is 18.9. The number of rotatable bonds is 5. The molecule has 1 N–H and O–H groups in total. The summed E-state index contributed by atoms with van der Waals surface area (Å²) in [5.74, 6) is -0.0907. The SMILES string of the molecule is CC(=O)c1ccc(NS(=O)(=O)c2cc(-c3ccc(=O)n(C)n3)cs2)cc1. The van der Waals surface area contributed by atoms with Crippen molar-refractivity contribution < 1.29 is 13.2 Å². The quantitative estimate of drug-likeness (QED) is 0.676. The van der Waals surface area contributed by atoms with Crippen LogP contribution in [0.4, 0.5) is 5.69 Å². The van der Waals surface area contributed by atoms with E-state index in [0.717, 1.165) is 11.3 Å². The number of sulfonamides is 1. The highest BCUT2D eigenvalue weighted by Crippen LogP contribution is 2.28. The highest BCUT2D eigenvalue weighted by molar-refractivity contribution is 7.94. The normalized spacial score (nSPS) is 11.3. The second-order valence-electron chi connectivity index (χ2n) is 5.57. The summed E-state index contributed by atoms with van der Waals surface area (Å²) >= 11 is 1.06. The molecule has 1 aromatic carbocycles. The van der Waals surface area contributed by atoms with E-state index in [1.54, 1.807) is 23.6 Å². The van der Waals surface area contributed by atoms with Crippen molar-refractivity contribution in [3.8, 4) is 11.3 Å². The van der Waals surface area contributed by atoms with Crippen molar-refractivity contribution >= 4 is 32.8 Å². The topological polar surface area (TPSA) is 98.1 Å².